The number of likely N-dealkylation sites (tertiary alicyclic amines) is 1. The number of amides is 1. The molecule has 1 amide bonds. The van der Waals surface area contributed by atoms with E-state index in [4.69, 9.17) is 14.2 Å². The van der Waals surface area contributed by atoms with Crippen molar-refractivity contribution in [3.63, 3.8) is 0 Å². The van der Waals surface area contributed by atoms with E-state index in [2.05, 4.69) is 4.98 Å². The average Bonchev–Trinajstić information content (AvgIpc) is 3.66. The summed E-state index contributed by atoms with van der Waals surface area (Å²) in [7, 11) is 0. The number of nitrogens with zero attached hydrogens (tertiary/aromatic N) is 3. The predicted octanol–water partition coefficient (Wildman–Crippen LogP) is 4.91. The SMILES string of the molecule is CCCOc1ccc([C@H]2C(=C(O)c3ccc4c(c3)C[C@H](C)O4)C(=O)C(=O)N2CCCn2ccnc2)cc1OCC. The summed E-state index contributed by atoms with van der Waals surface area (Å²) in [5, 5.41) is 11.5. The molecule has 0 unspecified atom stereocenters. The van der Waals surface area contributed by atoms with Crippen LogP contribution in [0.1, 0.15) is 56.3 Å². The van der Waals surface area contributed by atoms with Crippen LogP contribution in [0.2, 0.25) is 0 Å². The van der Waals surface area contributed by atoms with Gasteiger partial charge in [0, 0.05) is 37.5 Å². The van der Waals surface area contributed by atoms with Crippen LogP contribution in [0.5, 0.6) is 17.2 Å². The second-order valence-corrected chi connectivity index (χ2v) is 10.1. The zero-order valence-electron chi connectivity index (χ0n) is 23.1. The van der Waals surface area contributed by atoms with Gasteiger partial charge in [-0.15, -0.1) is 0 Å². The van der Waals surface area contributed by atoms with E-state index in [1.165, 1.54) is 0 Å². The third-order valence-corrected chi connectivity index (χ3v) is 7.13. The van der Waals surface area contributed by atoms with Crippen LogP contribution in [0.25, 0.3) is 5.76 Å². The molecule has 3 aromatic rings. The van der Waals surface area contributed by atoms with Gasteiger partial charge in [-0.05, 0) is 68.1 Å². The van der Waals surface area contributed by atoms with Gasteiger partial charge >= 0.3 is 0 Å². The molecule has 9 heteroatoms. The molecular weight excluding hydrogens is 510 g/mol. The number of hydrogen-bond acceptors (Lipinski definition) is 7. The topological polar surface area (TPSA) is 103 Å². The Labute approximate surface area is 234 Å². The maximum atomic E-state index is 13.5. The van der Waals surface area contributed by atoms with Crippen LogP contribution >= 0.6 is 0 Å². The second kappa shape index (κ2) is 11.9. The van der Waals surface area contributed by atoms with Crippen molar-refractivity contribution in [1.82, 2.24) is 14.5 Å². The summed E-state index contributed by atoms with van der Waals surface area (Å²) >= 11 is 0. The van der Waals surface area contributed by atoms with Crippen molar-refractivity contribution >= 4 is 17.4 Å². The van der Waals surface area contributed by atoms with E-state index in [1.54, 1.807) is 41.7 Å². The van der Waals surface area contributed by atoms with Crippen LogP contribution in [0, 0.1) is 0 Å². The minimum Gasteiger partial charge on any atom is -0.507 e. The maximum Gasteiger partial charge on any atom is 0.295 e. The summed E-state index contributed by atoms with van der Waals surface area (Å²) < 4.78 is 19.5. The summed E-state index contributed by atoms with van der Waals surface area (Å²) in [6, 6.07) is 10.0. The van der Waals surface area contributed by atoms with E-state index in [0.717, 1.165) is 17.7 Å². The molecule has 3 heterocycles. The van der Waals surface area contributed by atoms with Gasteiger partial charge in [-0.2, -0.15) is 0 Å². The minimum absolute atomic E-state index is 0.0406. The van der Waals surface area contributed by atoms with Crippen LogP contribution in [-0.4, -0.2) is 57.1 Å². The molecule has 2 aliphatic heterocycles. The fraction of sp³-hybridized carbons (Fsp3) is 0.387. The molecule has 0 spiro atoms. The lowest BCUT2D eigenvalue weighted by Crippen LogP contribution is -2.31. The molecule has 1 fully saturated rings. The molecule has 1 aromatic heterocycles. The Bertz CT molecular complexity index is 1410. The largest absolute Gasteiger partial charge is 0.507 e. The number of ether oxygens (including phenoxy) is 3. The number of aliphatic hydroxyl groups excluding tert-OH is 1. The standard InChI is InChI=1S/C31H35N3O6/c1-4-15-39-25-10-7-21(18-26(25)38-5-2)28-27(29(35)22-8-9-24-23(17-22)16-20(3)40-24)30(36)31(37)34(28)13-6-12-33-14-11-32-19-33/h7-11,14,17-20,28,35H,4-6,12-13,15-16H2,1-3H3/t20-,28-/m0/s1. The maximum absolute atomic E-state index is 13.5. The lowest BCUT2D eigenvalue weighted by Gasteiger charge is -2.26. The number of aromatic nitrogens is 2. The first kappa shape index (κ1) is 27.3. The highest BCUT2D eigenvalue weighted by Crippen LogP contribution is 2.43. The number of aryl methyl sites for hydroxylation is 1. The number of carbonyl (C=O) groups is 2. The molecule has 40 heavy (non-hydrogen) atoms. The fourth-order valence-electron chi connectivity index (χ4n) is 5.32. The van der Waals surface area contributed by atoms with Gasteiger partial charge in [0.1, 0.15) is 17.6 Å². The highest BCUT2D eigenvalue weighted by atomic mass is 16.5. The van der Waals surface area contributed by atoms with Gasteiger partial charge in [-0.25, -0.2) is 4.98 Å². The van der Waals surface area contributed by atoms with E-state index in [-0.39, 0.29) is 17.4 Å². The molecule has 0 radical (unpaired) electrons. The first-order valence-electron chi connectivity index (χ1n) is 13.8. The number of fused-ring (bicyclic) bond motifs is 1. The number of imidazole rings is 1. The molecule has 1 saturated heterocycles. The molecule has 5 rings (SSSR count). The van der Waals surface area contributed by atoms with Gasteiger partial charge < -0.3 is 28.8 Å². The van der Waals surface area contributed by atoms with Crippen LogP contribution in [0.4, 0.5) is 0 Å². The molecule has 0 aliphatic carbocycles. The molecule has 0 bridgehead atoms. The number of rotatable bonds is 11. The zero-order chi connectivity index (χ0) is 28.2. The van der Waals surface area contributed by atoms with Crippen molar-refractivity contribution < 1.29 is 28.9 Å². The average molecular weight is 546 g/mol. The minimum atomic E-state index is -0.786. The Hall–Kier alpha value is -4.27. The monoisotopic (exact) mass is 545 g/mol. The molecule has 2 aliphatic rings. The number of ketones is 1. The highest BCUT2D eigenvalue weighted by Gasteiger charge is 2.46. The smallest absolute Gasteiger partial charge is 0.295 e. The van der Waals surface area contributed by atoms with Crippen LogP contribution in [0.15, 0.2) is 60.7 Å². The van der Waals surface area contributed by atoms with Crippen LogP contribution in [-0.2, 0) is 22.6 Å². The normalized spacial score (nSPS) is 19.5. The molecule has 2 aromatic carbocycles. The molecule has 1 N–H and O–H groups in total. The third kappa shape index (κ3) is 5.41. The lowest BCUT2D eigenvalue weighted by atomic mass is 9.94. The van der Waals surface area contributed by atoms with Crippen LogP contribution in [0.3, 0.4) is 0 Å². The summed E-state index contributed by atoms with van der Waals surface area (Å²) in [6.07, 6.45) is 7.46. The quantitative estimate of drug-likeness (QED) is 0.208. The first-order valence-corrected chi connectivity index (χ1v) is 13.8. The van der Waals surface area contributed by atoms with Gasteiger partial charge in [0.2, 0.25) is 0 Å². The van der Waals surface area contributed by atoms with Crippen LogP contribution < -0.4 is 14.2 Å². The number of aliphatic hydroxyl groups is 1. The molecule has 2 atom stereocenters. The van der Waals surface area contributed by atoms with Gasteiger partial charge in [0.05, 0.1) is 31.2 Å². The third-order valence-electron chi connectivity index (χ3n) is 7.13. The highest BCUT2D eigenvalue weighted by molar-refractivity contribution is 6.46. The van der Waals surface area contributed by atoms with E-state index >= 15 is 0 Å². The van der Waals surface area contributed by atoms with Gasteiger partial charge in [0.25, 0.3) is 11.7 Å². The van der Waals surface area contributed by atoms with E-state index in [1.807, 2.05) is 43.7 Å². The number of Topliss-reactive ketones (excluding diaryl/α,β-unsaturated/α-hetero) is 1. The summed E-state index contributed by atoms with van der Waals surface area (Å²) in [6.45, 7) is 7.80. The van der Waals surface area contributed by atoms with Gasteiger partial charge in [-0.3, -0.25) is 9.59 Å². The number of hydrogen-bond donors (Lipinski definition) is 1. The summed E-state index contributed by atoms with van der Waals surface area (Å²) in [4.78, 5) is 32.5. The van der Waals surface area contributed by atoms with Crippen molar-refractivity contribution in [2.45, 2.75) is 58.7 Å². The lowest BCUT2D eigenvalue weighted by molar-refractivity contribution is -0.139. The number of benzene rings is 2. The Morgan fingerprint density at radius 2 is 1.95 bits per heavy atom. The number of carbonyl (C=O) groups excluding carboxylic acids is 2. The van der Waals surface area contributed by atoms with Gasteiger partial charge in [-0.1, -0.05) is 13.0 Å². The Balaban J connectivity index is 1.56. The Kier molecular flexibility index (Phi) is 8.09. The zero-order valence-corrected chi connectivity index (χ0v) is 23.1. The molecular formula is C31H35N3O6. The van der Waals surface area contributed by atoms with Crippen molar-refractivity contribution in [1.29, 1.82) is 0 Å². The Morgan fingerprint density at radius 1 is 1.10 bits per heavy atom. The van der Waals surface area contributed by atoms with Crippen molar-refractivity contribution in [3.05, 3.63) is 77.4 Å². The Morgan fingerprint density at radius 3 is 2.70 bits per heavy atom. The predicted molar refractivity (Wildman–Crippen MR) is 149 cm³/mol. The van der Waals surface area contributed by atoms with E-state index < -0.39 is 17.7 Å². The molecule has 210 valence electrons. The van der Waals surface area contributed by atoms with E-state index in [0.29, 0.717) is 61.8 Å². The van der Waals surface area contributed by atoms with Gasteiger partial charge in [0.15, 0.2) is 11.5 Å². The van der Waals surface area contributed by atoms with Crippen molar-refractivity contribution in [2.24, 2.45) is 0 Å². The second-order valence-electron chi connectivity index (χ2n) is 10.1. The fourth-order valence-corrected chi connectivity index (χ4v) is 5.32. The first-order chi connectivity index (χ1) is 19.4. The molecule has 0 saturated carbocycles. The van der Waals surface area contributed by atoms with Crippen molar-refractivity contribution in [2.75, 3.05) is 19.8 Å². The molecule has 9 nitrogen and oxygen atoms in total. The van der Waals surface area contributed by atoms with E-state index in [9.17, 15) is 14.7 Å². The summed E-state index contributed by atoms with van der Waals surface area (Å²) in [5.74, 6) is 0.342. The van der Waals surface area contributed by atoms with Crippen molar-refractivity contribution in [3.8, 4) is 17.2 Å². The summed E-state index contributed by atoms with van der Waals surface area (Å²) in [5.41, 5.74) is 2.16.